The second-order valence-electron chi connectivity index (χ2n) is 7.05. The number of rotatable bonds is 6. The summed E-state index contributed by atoms with van der Waals surface area (Å²) in [6.45, 7) is 4.22. The normalized spacial score (nSPS) is 11.0. The number of hydrogen-bond acceptors (Lipinski definition) is 7. The summed E-state index contributed by atoms with van der Waals surface area (Å²) in [5.74, 6) is 1.44. The van der Waals surface area contributed by atoms with Crippen LogP contribution >= 0.6 is 11.8 Å². The van der Waals surface area contributed by atoms with Crippen LogP contribution in [-0.2, 0) is 13.7 Å². The van der Waals surface area contributed by atoms with Crippen LogP contribution < -0.4 is 10.4 Å². The van der Waals surface area contributed by atoms with Gasteiger partial charge in [-0.25, -0.2) is 14.8 Å². The van der Waals surface area contributed by atoms with Crippen molar-refractivity contribution in [2.45, 2.75) is 25.3 Å². The van der Waals surface area contributed by atoms with Gasteiger partial charge in [-0.1, -0.05) is 6.07 Å². The minimum Gasteiger partial charge on any atom is -0.489 e. The predicted molar refractivity (Wildman–Crippen MR) is 120 cm³/mol. The standard InChI is InChI=1S/C22H22N6O2S/c1-14-12-16(21-23-11-10-15(2)24-21)8-9-19(14)30-13-17-18(6-5-7-20(17)31-4)28-22(29)27(3)25-26-28/h5-12H,13H2,1-4H3. The Kier molecular flexibility index (Phi) is 5.85. The second kappa shape index (κ2) is 8.73. The molecule has 4 aromatic rings. The van der Waals surface area contributed by atoms with Crippen LogP contribution in [0.2, 0.25) is 0 Å². The van der Waals surface area contributed by atoms with E-state index in [1.165, 1.54) is 9.36 Å². The average molecular weight is 435 g/mol. The maximum atomic E-state index is 12.4. The smallest absolute Gasteiger partial charge is 0.368 e. The molecular formula is C22H22N6O2S. The molecule has 31 heavy (non-hydrogen) atoms. The zero-order valence-corrected chi connectivity index (χ0v) is 18.6. The molecule has 0 unspecified atom stereocenters. The van der Waals surface area contributed by atoms with Crippen molar-refractivity contribution in [2.75, 3.05) is 6.26 Å². The van der Waals surface area contributed by atoms with Gasteiger partial charge in [0.25, 0.3) is 0 Å². The lowest BCUT2D eigenvalue weighted by Crippen LogP contribution is -2.23. The van der Waals surface area contributed by atoms with Crippen LogP contribution in [0.1, 0.15) is 16.8 Å². The molecule has 0 atom stereocenters. The van der Waals surface area contributed by atoms with Crippen LogP contribution in [0.25, 0.3) is 17.1 Å². The van der Waals surface area contributed by atoms with E-state index in [4.69, 9.17) is 4.74 Å². The monoisotopic (exact) mass is 434 g/mol. The van der Waals surface area contributed by atoms with Crippen molar-refractivity contribution in [3.05, 3.63) is 76.0 Å². The summed E-state index contributed by atoms with van der Waals surface area (Å²) in [5.41, 5.74) is 4.06. The van der Waals surface area contributed by atoms with Crippen molar-refractivity contribution in [1.82, 2.24) is 29.8 Å². The highest BCUT2D eigenvalue weighted by atomic mass is 32.2. The Bertz CT molecular complexity index is 1300. The van der Waals surface area contributed by atoms with E-state index in [2.05, 4.69) is 20.4 Å². The van der Waals surface area contributed by atoms with E-state index in [1.54, 1.807) is 25.0 Å². The quantitative estimate of drug-likeness (QED) is 0.430. The van der Waals surface area contributed by atoms with Crippen LogP contribution in [0.3, 0.4) is 0 Å². The van der Waals surface area contributed by atoms with Crippen molar-refractivity contribution in [1.29, 1.82) is 0 Å². The lowest BCUT2D eigenvalue weighted by Gasteiger charge is -2.15. The second-order valence-corrected chi connectivity index (χ2v) is 7.89. The van der Waals surface area contributed by atoms with Gasteiger partial charge >= 0.3 is 5.69 Å². The highest BCUT2D eigenvalue weighted by Crippen LogP contribution is 2.29. The fourth-order valence-electron chi connectivity index (χ4n) is 3.24. The third kappa shape index (κ3) is 4.22. The topological polar surface area (TPSA) is 87.7 Å². The van der Waals surface area contributed by atoms with Crippen molar-refractivity contribution in [2.24, 2.45) is 7.05 Å². The Labute approximate surface area is 183 Å². The molecule has 0 spiro atoms. The van der Waals surface area contributed by atoms with Gasteiger partial charge in [0.15, 0.2) is 5.82 Å². The van der Waals surface area contributed by atoms with Crippen LogP contribution in [-0.4, -0.2) is 36.0 Å². The minimum absolute atomic E-state index is 0.288. The molecule has 2 aromatic heterocycles. The third-order valence-electron chi connectivity index (χ3n) is 4.88. The van der Waals surface area contributed by atoms with E-state index in [1.807, 2.05) is 62.6 Å². The van der Waals surface area contributed by atoms with E-state index in [-0.39, 0.29) is 12.3 Å². The zero-order valence-electron chi connectivity index (χ0n) is 17.7. The molecule has 0 saturated heterocycles. The van der Waals surface area contributed by atoms with Crippen LogP contribution in [0.5, 0.6) is 5.75 Å². The summed E-state index contributed by atoms with van der Waals surface area (Å²) in [6, 6.07) is 13.5. The number of ether oxygens (including phenoxy) is 1. The molecular weight excluding hydrogens is 412 g/mol. The molecule has 8 nitrogen and oxygen atoms in total. The molecule has 0 amide bonds. The molecule has 0 radical (unpaired) electrons. The molecule has 0 aliphatic heterocycles. The van der Waals surface area contributed by atoms with Gasteiger partial charge in [0.2, 0.25) is 0 Å². The molecule has 9 heteroatoms. The zero-order chi connectivity index (χ0) is 22.0. The van der Waals surface area contributed by atoms with E-state index in [9.17, 15) is 4.79 Å². The van der Waals surface area contributed by atoms with Crippen molar-refractivity contribution in [3.63, 3.8) is 0 Å². The van der Waals surface area contributed by atoms with Gasteiger partial charge in [0.1, 0.15) is 12.4 Å². The molecule has 0 saturated carbocycles. The number of nitrogens with zero attached hydrogens (tertiary/aromatic N) is 6. The van der Waals surface area contributed by atoms with E-state index < -0.39 is 0 Å². The molecule has 4 rings (SSSR count). The van der Waals surface area contributed by atoms with Gasteiger partial charge in [0, 0.05) is 35.0 Å². The number of thioether (sulfide) groups is 1. The Morgan fingerprint density at radius 2 is 1.94 bits per heavy atom. The minimum atomic E-state index is -0.307. The number of tetrazole rings is 1. The first-order chi connectivity index (χ1) is 15.0. The number of hydrogen-bond donors (Lipinski definition) is 0. The Balaban J connectivity index is 1.64. The molecule has 2 heterocycles. The highest BCUT2D eigenvalue weighted by Gasteiger charge is 2.15. The van der Waals surface area contributed by atoms with Crippen LogP contribution in [0.15, 0.2) is 58.4 Å². The molecule has 0 fully saturated rings. The third-order valence-corrected chi connectivity index (χ3v) is 5.70. The van der Waals surface area contributed by atoms with E-state index in [0.29, 0.717) is 11.5 Å². The maximum Gasteiger partial charge on any atom is 0.368 e. The molecule has 0 bridgehead atoms. The maximum absolute atomic E-state index is 12.4. The summed E-state index contributed by atoms with van der Waals surface area (Å²) in [7, 11) is 1.57. The van der Waals surface area contributed by atoms with Crippen molar-refractivity contribution in [3.8, 4) is 22.8 Å². The summed E-state index contributed by atoms with van der Waals surface area (Å²) in [4.78, 5) is 22.2. The van der Waals surface area contributed by atoms with Crippen molar-refractivity contribution < 1.29 is 4.74 Å². The van der Waals surface area contributed by atoms with Crippen LogP contribution in [0, 0.1) is 13.8 Å². The predicted octanol–water partition coefficient (Wildman–Crippen LogP) is 3.34. The average Bonchev–Trinajstić information content (AvgIpc) is 3.10. The first-order valence-electron chi connectivity index (χ1n) is 9.66. The molecule has 158 valence electrons. The molecule has 0 aliphatic rings. The van der Waals surface area contributed by atoms with Gasteiger partial charge in [-0.2, -0.15) is 9.36 Å². The van der Waals surface area contributed by atoms with Gasteiger partial charge < -0.3 is 4.74 Å². The highest BCUT2D eigenvalue weighted by molar-refractivity contribution is 7.98. The number of benzene rings is 2. The largest absolute Gasteiger partial charge is 0.489 e. The van der Waals surface area contributed by atoms with E-state index >= 15 is 0 Å². The summed E-state index contributed by atoms with van der Waals surface area (Å²) in [6.07, 6.45) is 3.75. The summed E-state index contributed by atoms with van der Waals surface area (Å²) < 4.78 is 8.66. The Hall–Kier alpha value is -3.46. The van der Waals surface area contributed by atoms with Gasteiger partial charge in [0.05, 0.1) is 5.69 Å². The summed E-state index contributed by atoms with van der Waals surface area (Å²) in [5, 5.41) is 7.81. The van der Waals surface area contributed by atoms with Crippen molar-refractivity contribution >= 4 is 11.8 Å². The lowest BCUT2D eigenvalue weighted by atomic mass is 10.1. The van der Waals surface area contributed by atoms with Crippen LogP contribution in [0.4, 0.5) is 0 Å². The molecule has 0 aliphatic carbocycles. The first kappa shape index (κ1) is 20.8. The Morgan fingerprint density at radius 1 is 1.10 bits per heavy atom. The van der Waals surface area contributed by atoms with Gasteiger partial charge in [-0.3, -0.25) is 0 Å². The fraction of sp³-hybridized carbons (Fsp3) is 0.227. The molecule has 0 N–H and O–H groups in total. The number of aromatic nitrogens is 6. The lowest BCUT2D eigenvalue weighted by molar-refractivity contribution is 0.300. The van der Waals surface area contributed by atoms with Gasteiger partial charge in [-0.15, -0.1) is 11.8 Å². The fourth-order valence-corrected chi connectivity index (χ4v) is 3.87. The molecule has 2 aromatic carbocycles. The van der Waals surface area contributed by atoms with Gasteiger partial charge in [-0.05, 0) is 72.5 Å². The number of aryl methyl sites for hydroxylation is 3. The first-order valence-corrected chi connectivity index (χ1v) is 10.9. The van der Waals surface area contributed by atoms with E-state index in [0.717, 1.165) is 33.0 Å². The summed E-state index contributed by atoms with van der Waals surface area (Å²) >= 11 is 1.59. The Morgan fingerprint density at radius 3 is 2.61 bits per heavy atom. The SMILES string of the molecule is CSc1cccc(-n2nnn(C)c2=O)c1COc1ccc(-c2nccc(C)n2)cc1C.